The standard InChI is InChI=1S/C33H28N2/c1-3-11-25(12-4-1)21-29-22-27-15-7-9-17-31(27)34-32(29)20-19-28-24-35(23-26-13-5-2-6-14-26)33-18-10-8-16-30(28)33/h1-20,22,24,29,32H,21,23H2. The van der Waals surface area contributed by atoms with Gasteiger partial charge in [-0.05, 0) is 40.5 Å². The van der Waals surface area contributed by atoms with E-state index in [4.69, 9.17) is 4.99 Å². The second kappa shape index (κ2) is 9.60. The third-order valence-corrected chi connectivity index (χ3v) is 6.86. The van der Waals surface area contributed by atoms with Crippen LogP contribution in [-0.2, 0) is 13.0 Å². The van der Waals surface area contributed by atoms with E-state index in [2.05, 4.69) is 138 Å². The van der Waals surface area contributed by atoms with Gasteiger partial charge >= 0.3 is 0 Å². The fourth-order valence-corrected chi connectivity index (χ4v) is 5.10. The molecule has 35 heavy (non-hydrogen) atoms. The number of fused-ring (bicyclic) bond motifs is 2. The molecule has 2 heteroatoms. The monoisotopic (exact) mass is 452 g/mol. The highest BCUT2D eigenvalue weighted by Gasteiger charge is 2.20. The molecule has 4 aromatic carbocycles. The van der Waals surface area contributed by atoms with Crippen LogP contribution in [0.4, 0.5) is 0 Å². The summed E-state index contributed by atoms with van der Waals surface area (Å²) in [5.74, 6) is 0.321. The zero-order chi connectivity index (χ0) is 23.5. The molecule has 2 atom stereocenters. The first-order valence-electron chi connectivity index (χ1n) is 12.3. The SMILES string of the molecule is C(=CC1N=c2ccccc2=CC1Cc1ccccc1)c1cn(Cc2ccccc2)c2ccccc12. The van der Waals surface area contributed by atoms with E-state index in [1.54, 1.807) is 0 Å². The summed E-state index contributed by atoms with van der Waals surface area (Å²) in [5.41, 5.74) is 5.15. The van der Waals surface area contributed by atoms with E-state index >= 15 is 0 Å². The number of hydrogen-bond acceptors (Lipinski definition) is 1. The van der Waals surface area contributed by atoms with Crippen LogP contribution in [0.1, 0.15) is 16.7 Å². The Hall–Kier alpha value is -4.17. The van der Waals surface area contributed by atoms with Crippen molar-refractivity contribution in [3.05, 3.63) is 149 Å². The quantitative estimate of drug-likeness (QED) is 0.299. The van der Waals surface area contributed by atoms with Gasteiger partial charge < -0.3 is 4.57 Å². The van der Waals surface area contributed by atoms with Crippen LogP contribution in [0.15, 0.2) is 126 Å². The summed E-state index contributed by atoms with van der Waals surface area (Å²) in [7, 11) is 0. The molecule has 170 valence electrons. The van der Waals surface area contributed by atoms with E-state index < -0.39 is 0 Å². The molecule has 1 aromatic heterocycles. The second-order valence-corrected chi connectivity index (χ2v) is 9.27. The molecule has 0 N–H and O–H groups in total. The predicted octanol–water partition coefficient (Wildman–Crippen LogP) is 6.04. The van der Waals surface area contributed by atoms with E-state index in [1.165, 1.54) is 32.8 Å². The highest BCUT2D eigenvalue weighted by molar-refractivity contribution is 5.89. The van der Waals surface area contributed by atoms with Gasteiger partial charge in [0.2, 0.25) is 0 Å². The first kappa shape index (κ1) is 21.4. The maximum absolute atomic E-state index is 5.17. The lowest BCUT2D eigenvalue weighted by atomic mass is 9.89. The number of para-hydroxylation sites is 2. The Morgan fingerprint density at radius 3 is 2.23 bits per heavy atom. The van der Waals surface area contributed by atoms with Gasteiger partial charge in [0, 0.05) is 29.6 Å². The minimum absolute atomic E-state index is 0.0985. The van der Waals surface area contributed by atoms with Crippen LogP contribution < -0.4 is 10.6 Å². The van der Waals surface area contributed by atoms with Crippen molar-refractivity contribution in [1.29, 1.82) is 0 Å². The zero-order valence-electron chi connectivity index (χ0n) is 19.7. The van der Waals surface area contributed by atoms with Gasteiger partial charge in [0.25, 0.3) is 0 Å². The third-order valence-electron chi connectivity index (χ3n) is 6.86. The van der Waals surface area contributed by atoms with Crippen LogP contribution in [0.2, 0.25) is 0 Å². The van der Waals surface area contributed by atoms with Gasteiger partial charge in [-0.2, -0.15) is 0 Å². The topological polar surface area (TPSA) is 17.3 Å². The molecule has 1 aliphatic rings. The van der Waals surface area contributed by atoms with Crippen molar-refractivity contribution in [2.24, 2.45) is 10.9 Å². The van der Waals surface area contributed by atoms with E-state index in [9.17, 15) is 0 Å². The number of hydrogen-bond donors (Lipinski definition) is 0. The number of benzene rings is 4. The van der Waals surface area contributed by atoms with Crippen molar-refractivity contribution in [3.63, 3.8) is 0 Å². The fraction of sp³-hybridized carbons (Fsp3) is 0.121. The summed E-state index contributed by atoms with van der Waals surface area (Å²) < 4.78 is 2.35. The summed E-state index contributed by atoms with van der Waals surface area (Å²) in [4.78, 5) is 5.17. The average Bonchev–Trinajstić information content (AvgIpc) is 3.26. The molecule has 6 rings (SSSR count). The third kappa shape index (κ3) is 4.61. The van der Waals surface area contributed by atoms with Crippen LogP contribution >= 0.6 is 0 Å². The molecular weight excluding hydrogens is 424 g/mol. The molecule has 1 aliphatic heterocycles. The Bertz CT molecular complexity index is 1590. The number of rotatable bonds is 6. The number of aromatic nitrogens is 1. The molecule has 2 heterocycles. The summed E-state index contributed by atoms with van der Waals surface area (Å²) >= 11 is 0. The molecule has 0 fully saturated rings. The Morgan fingerprint density at radius 1 is 0.714 bits per heavy atom. The van der Waals surface area contributed by atoms with Crippen molar-refractivity contribution in [1.82, 2.24) is 4.57 Å². The van der Waals surface area contributed by atoms with Crippen molar-refractivity contribution in [2.45, 2.75) is 19.0 Å². The molecule has 0 amide bonds. The molecular formula is C33H28N2. The van der Waals surface area contributed by atoms with Gasteiger partial charge in [0.15, 0.2) is 0 Å². The lowest BCUT2D eigenvalue weighted by Crippen LogP contribution is -2.35. The lowest BCUT2D eigenvalue weighted by Gasteiger charge is -2.22. The van der Waals surface area contributed by atoms with Crippen LogP contribution in [0.3, 0.4) is 0 Å². The highest BCUT2D eigenvalue weighted by Crippen LogP contribution is 2.26. The summed E-state index contributed by atoms with van der Waals surface area (Å²) in [6.07, 6.45) is 10.2. The van der Waals surface area contributed by atoms with Crippen molar-refractivity contribution < 1.29 is 0 Å². The molecule has 0 saturated carbocycles. The van der Waals surface area contributed by atoms with Crippen molar-refractivity contribution in [3.8, 4) is 0 Å². The average molecular weight is 453 g/mol. The molecule has 2 nitrogen and oxygen atoms in total. The fourth-order valence-electron chi connectivity index (χ4n) is 5.10. The largest absolute Gasteiger partial charge is 0.342 e. The second-order valence-electron chi connectivity index (χ2n) is 9.27. The first-order chi connectivity index (χ1) is 17.3. The van der Waals surface area contributed by atoms with E-state index in [-0.39, 0.29) is 6.04 Å². The minimum atomic E-state index is 0.0985. The van der Waals surface area contributed by atoms with Crippen LogP contribution in [0, 0.1) is 5.92 Å². The summed E-state index contributed by atoms with van der Waals surface area (Å²) in [6, 6.07) is 38.6. The Kier molecular flexibility index (Phi) is 5.86. The van der Waals surface area contributed by atoms with Gasteiger partial charge in [-0.15, -0.1) is 0 Å². The molecule has 0 saturated heterocycles. The van der Waals surface area contributed by atoms with Gasteiger partial charge in [0.1, 0.15) is 0 Å². The first-order valence-corrected chi connectivity index (χ1v) is 12.3. The molecule has 0 radical (unpaired) electrons. The predicted molar refractivity (Wildman–Crippen MR) is 146 cm³/mol. The lowest BCUT2D eigenvalue weighted by molar-refractivity contribution is 0.583. The van der Waals surface area contributed by atoms with Crippen LogP contribution in [0.25, 0.3) is 23.1 Å². The van der Waals surface area contributed by atoms with Gasteiger partial charge in [-0.1, -0.05) is 115 Å². The summed E-state index contributed by atoms with van der Waals surface area (Å²) in [5, 5.41) is 3.59. The van der Waals surface area contributed by atoms with E-state index in [0.29, 0.717) is 5.92 Å². The summed E-state index contributed by atoms with van der Waals surface area (Å²) in [6.45, 7) is 0.862. The Morgan fingerprint density at radius 2 is 1.40 bits per heavy atom. The van der Waals surface area contributed by atoms with Gasteiger partial charge in [-0.3, -0.25) is 4.99 Å². The van der Waals surface area contributed by atoms with Crippen LogP contribution in [0.5, 0.6) is 0 Å². The zero-order valence-corrected chi connectivity index (χ0v) is 19.7. The van der Waals surface area contributed by atoms with Crippen molar-refractivity contribution in [2.75, 3.05) is 0 Å². The maximum atomic E-state index is 5.17. The molecule has 0 bridgehead atoms. The smallest absolute Gasteiger partial charge is 0.0756 e. The van der Waals surface area contributed by atoms with E-state index in [0.717, 1.165) is 18.3 Å². The Balaban J connectivity index is 1.36. The maximum Gasteiger partial charge on any atom is 0.0756 e. The molecule has 2 unspecified atom stereocenters. The Labute approximate surface area is 206 Å². The van der Waals surface area contributed by atoms with Crippen LogP contribution in [-0.4, -0.2) is 10.6 Å². The molecule has 5 aromatic rings. The molecule has 0 spiro atoms. The minimum Gasteiger partial charge on any atom is -0.342 e. The van der Waals surface area contributed by atoms with Gasteiger partial charge in [0.05, 0.1) is 11.4 Å². The van der Waals surface area contributed by atoms with Gasteiger partial charge in [-0.25, -0.2) is 0 Å². The van der Waals surface area contributed by atoms with Crippen molar-refractivity contribution >= 4 is 23.1 Å². The van der Waals surface area contributed by atoms with E-state index in [1.807, 2.05) is 0 Å². The normalized spacial score (nSPS) is 17.1. The number of nitrogens with zero attached hydrogens (tertiary/aromatic N) is 2. The highest BCUT2D eigenvalue weighted by atomic mass is 15.0. The molecule has 0 aliphatic carbocycles.